The molecule has 0 unspecified atom stereocenters. The Hall–Kier alpha value is -1.68. The third kappa shape index (κ3) is 3.47. The molecule has 1 aromatic rings. The van der Waals surface area contributed by atoms with Gasteiger partial charge in [0.1, 0.15) is 0 Å². The highest BCUT2D eigenvalue weighted by Crippen LogP contribution is 2.17. The second kappa shape index (κ2) is 5.42. The summed E-state index contributed by atoms with van der Waals surface area (Å²) in [6, 6.07) is 6.66. The van der Waals surface area contributed by atoms with Crippen LogP contribution in [-0.4, -0.2) is 16.9 Å². The van der Waals surface area contributed by atoms with Gasteiger partial charge in [-0.3, -0.25) is 9.59 Å². The number of hydrogen-bond acceptors (Lipinski definition) is 3. The van der Waals surface area contributed by atoms with E-state index in [9.17, 15) is 9.59 Å². The maximum atomic E-state index is 11.2. The average Bonchev–Trinajstić information content (AvgIpc) is 2.26. The van der Waals surface area contributed by atoms with Gasteiger partial charge in [0.15, 0.2) is 5.78 Å². The first-order valence-corrected chi connectivity index (χ1v) is 5.09. The van der Waals surface area contributed by atoms with Gasteiger partial charge in [0, 0.05) is 18.0 Å². The second-order valence-electron chi connectivity index (χ2n) is 3.72. The summed E-state index contributed by atoms with van der Waals surface area (Å²) in [7, 11) is 0. The van der Waals surface area contributed by atoms with Crippen molar-refractivity contribution in [3.63, 3.8) is 0 Å². The van der Waals surface area contributed by atoms with Crippen molar-refractivity contribution in [2.75, 3.05) is 0 Å². The van der Waals surface area contributed by atoms with Crippen molar-refractivity contribution in [2.45, 2.75) is 25.8 Å². The Morgan fingerprint density at radius 2 is 2.12 bits per heavy atom. The van der Waals surface area contributed by atoms with Crippen LogP contribution in [0, 0.1) is 0 Å². The molecule has 3 N–H and O–H groups in total. The van der Waals surface area contributed by atoms with Crippen molar-refractivity contribution in [3.05, 3.63) is 35.4 Å². The fourth-order valence-electron chi connectivity index (χ4n) is 1.43. The molecule has 0 radical (unpaired) electrons. The number of carboxylic acids is 1. The van der Waals surface area contributed by atoms with E-state index in [-0.39, 0.29) is 18.2 Å². The van der Waals surface area contributed by atoms with Gasteiger partial charge >= 0.3 is 5.97 Å². The molecular formula is C12H15NO3. The van der Waals surface area contributed by atoms with Gasteiger partial charge in [-0.2, -0.15) is 0 Å². The number of ketones is 1. The summed E-state index contributed by atoms with van der Waals surface area (Å²) in [5.41, 5.74) is 7.24. The van der Waals surface area contributed by atoms with Crippen LogP contribution in [0.2, 0.25) is 0 Å². The summed E-state index contributed by atoms with van der Waals surface area (Å²) in [4.78, 5) is 21.6. The van der Waals surface area contributed by atoms with Crippen molar-refractivity contribution in [1.82, 2.24) is 0 Å². The molecule has 1 atom stereocenters. The zero-order valence-electron chi connectivity index (χ0n) is 9.14. The normalized spacial score (nSPS) is 12.1. The molecule has 0 aromatic heterocycles. The summed E-state index contributed by atoms with van der Waals surface area (Å²) >= 11 is 0. The Morgan fingerprint density at radius 1 is 1.44 bits per heavy atom. The van der Waals surface area contributed by atoms with Crippen LogP contribution in [0.15, 0.2) is 24.3 Å². The van der Waals surface area contributed by atoms with Crippen LogP contribution >= 0.6 is 0 Å². The molecule has 1 rings (SSSR count). The van der Waals surface area contributed by atoms with E-state index in [4.69, 9.17) is 10.8 Å². The molecule has 0 spiro atoms. The summed E-state index contributed by atoms with van der Waals surface area (Å²) in [5, 5.41) is 8.54. The van der Waals surface area contributed by atoms with Gasteiger partial charge in [-0.1, -0.05) is 18.2 Å². The standard InChI is InChI=1S/C12H15NO3/c1-8(14)9-3-2-4-10(7-9)11(13)5-6-12(15)16/h2-4,7,11H,5-6,13H2,1H3,(H,15,16)/t11-/m0/s1. The molecule has 0 amide bonds. The lowest BCUT2D eigenvalue weighted by atomic mass is 9.99. The van der Waals surface area contributed by atoms with Gasteiger partial charge in [-0.25, -0.2) is 0 Å². The number of Topliss-reactive ketones (excluding diaryl/α,β-unsaturated/α-hetero) is 1. The van der Waals surface area contributed by atoms with Gasteiger partial charge in [0.2, 0.25) is 0 Å². The second-order valence-corrected chi connectivity index (χ2v) is 3.72. The van der Waals surface area contributed by atoms with Gasteiger partial charge in [0.05, 0.1) is 0 Å². The van der Waals surface area contributed by atoms with E-state index in [1.165, 1.54) is 6.92 Å². The lowest BCUT2D eigenvalue weighted by Crippen LogP contribution is -2.12. The molecular weight excluding hydrogens is 206 g/mol. The zero-order chi connectivity index (χ0) is 12.1. The molecule has 4 heteroatoms. The van der Waals surface area contributed by atoms with Crippen molar-refractivity contribution in [3.8, 4) is 0 Å². The maximum absolute atomic E-state index is 11.2. The highest BCUT2D eigenvalue weighted by molar-refractivity contribution is 5.94. The Labute approximate surface area is 94.1 Å². The first-order chi connectivity index (χ1) is 7.50. The van der Waals surface area contributed by atoms with Crippen LogP contribution in [0.1, 0.15) is 41.7 Å². The number of benzene rings is 1. The summed E-state index contributed by atoms with van der Waals surface area (Å²) < 4.78 is 0. The number of nitrogens with two attached hydrogens (primary N) is 1. The van der Waals surface area contributed by atoms with Crippen molar-refractivity contribution < 1.29 is 14.7 Å². The molecule has 0 fully saturated rings. The lowest BCUT2D eigenvalue weighted by molar-refractivity contribution is -0.137. The smallest absolute Gasteiger partial charge is 0.303 e. The topological polar surface area (TPSA) is 80.4 Å². The molecule has 0 saturated heterocycles. The SMILES string of the molecule is CC(=O)c1cccc([C@@H](N)CCC(=O)O)c1. The number of carboxylic acid groups (broad SMARTS) is 1. The fraction of sp³-hybridized carbons (Fsp3) is 0.333. The third-order valence-corrected chi connectivity index (χ3v) is 2.39. The number of hydrogen-bond donors (Lipinski definition) is 2. The molecule has 0 bridgehead atoms. The quantitative estimate of drug-likeness (QED) is 0.742. The Kier molecular flexibility index (Phi) is 4.19. The minimum Gasteiger partial charge on any atom is -0.481 e. The highest BCUT2D eigenvalue weighted by atomic mass is 16.4. The van der Waals surface area contributed by atoms with Crippen LogP contribution in [0.4, 0.5) is 0 Å². The van der Waals surface area contributed by atoms with E-state index in [1.54, 1.807) is 24.3 Å². The Bertz CT molecular complexity index is 401. The summed E-state index contributed by atoms with van der Waals surface area (Å²) in [6.07, 6.45) is 0.405. The molecule has 0 heterocycles. The Morgan fingerprint density at radius 3 is 2.69 bits per heavy atom. The number of carbonyl (C=O) groups is 2. The van der Waals surface area contributed by atoms with Gasteiger partial charge in [-0.05, 0) is 25.0 Å². The predicted octanol–water partition coefficient (Wildman–Crippen LogP) is 1.75. The third-order valence-electron chi connectivity index (χ3n) is 2.39. The lowest BCUT2D eigenvalue weighted by Gasteiger charge is -2.11. The van der Waals surface area contributed by atoms with E-state index in [2.05, 4.69) is 0 Å². The number of aliphatic carboxylic acids is 1. The van der Waals surface area contributed by atoms with Crippen LogP contribution in [0.5, 0.6) is 0 Å². The van der Waals surface area contributed by atoms with Gasteiger partial charge in [0.25, 0.3) is 0 Å². The van der Waals surface area contributed by atoms with E-state index in [0.29, 0.717) is 12.0 Å². The van der Waals surface area contributed by atoms with Crippen LogP contribution in [-0.2, 0) is 4.79 Å². The Balaban J connectivity index is 2.75. The largest absolute Gasteiger partial charge is 0.481 e. The minimum absolute atomic E-state index is 0.0210. The van der Waals surface area contributed by atoms with Crippen LogP contribution < -0.4 is 5.73 Å². The van der Waals surface area contributed by atoms with Crippen molar-refractivity contribution in [2.24, 2.45) is 5.73 Å². The molecule has 0 aliphatic carbocycles. The van der Waals surface area contributed by atoms with Crippen LogP contribution in [0.25, 0.3) is 0 Å². The molecule has 86 valence electrons. The van der Waals surface area contributed by atoms with E-state index < -0.39 is 5.97 Å². The molecule has 4 nitrogen and oxygen atoms in total. The number of rotatable bonds is 5. The predicted molar refractivity (Wildman–Crippen MR) is 60.2 cm³/mol. The summed E-state index contributed by atoms with van der Waals surface area (Å²) in [5.74, 6) is -0.884. The maximum Gasteiger partial charge on any atom is 0.303 e. The van der Waals surface area contributed by atoms with Gasteiger partial charge in [-0.15, -0.1) is 0 Å². The molecule has 16 heavy (non-hydrogen) atoms. The van der Waals surface area contributed by atoms with Crippen molar-refractivity contribution >= 4 is 11.8 Å². The van der Waals surface area contributed by atoms with E-state index in [1.807, 2.05) is 0 Å². The molecule has 0 aliphatic heterocycles. The average molecular weight is 221 g/mol. The molecule has 1 aromatic carbocycles. The highest BCUT2D eigenvalue weighted by Gasteiger charge is 2.09. The molecule has 0 saturated carbocycles. The molecule has 0 aliphatic rings. The monoisotopic (exact) mass is 221 g/mol. The number of carbonyl (C=O) groups excluding carboxylic acids is 1. The summed E-state index contributed by atoms with van der Waals surface area (Å²) in [6.45, 7) is 1.49. The van der Waals surface area contributed by atoms with Crippen molar-refractivity contribution in [1.29, 1.82) is 0 Å². The first kappa shape index (κ1) is 12.4. The van der Waals surface area contributed by atoms with Crippen LogP contribution in [0.3, 0.4) is 0 Å². The van der Waals surface area contributed by atoms with E-state index in [0.717, 1.165) is 5.56 Å². The van der Waals surface area contributed by atoms with Gasteiger partial charge < -0.3 is 10.8 Å². The van der Waals surface area contributed by atoms with E-state index >= 15 is 0 Å². The first-order valence-electron chi connectivity index (χ1n) is 5.09. The zero-order valence-corrected chi connectivity index (χ0v) is 9.14. The fourth-order valence-corrected chi connectivity index (χ4v) is 1.43. The minimum atomic E-state index is -0.863.